The fourth-order valence-electron chi connectivity index (χ4n) is 3.37. The Morgan fingerprint density at radius 3 is 3.00 bits per heavy atom. The Labute approximate surface area is 111 Å². The molecule has 4 heterocycles. The zero-order chi connectivity index (χ0) is 13.1. The van der Waals surface area contributed by atoms with Crippen LogP contribution in [0.4, 0.5) is 5.82 Å². The summed E-state index contributed by atoms with van der Waals surface area (Å²) in [5.74, 6) is 2.52. The first-order valence-corrected chi connectivity index (χ1v) is 6.83. The van der Waals surface area contributed by atoms with E-state index >= 15 is 0 Å². The van der Waals surface area contributed by atoms with Crippen LogP contribution in [-0.4, -0.2) is 32.8 Å². The monoisotopic (exact) mass is 255 g/mol. The molecule has 2 aliphatic heterocycles. The van der Waals surface area contributed by atoms with Crippen molar-refractivity contribution in [3.8, 4) is 0 Å². The summed E-state index contributed by atoms with van der Waals surface area (Å²) in [6.45, 7) is 9.54. The summed E-state index contributed by atoms with van der Waals surface area (Å²) in [6, 6.07) is 0.363. The van der Waals surface area contributed by atoms with E-state index in [0.29, 0.717) is 12.0 Å². The van der Waals surface area contributed by atoms with Gasteiger partial charge in [0.05, 0.1) is 17.1 Å². The van der Waals surface area contributed by atoms with Gasteiger partial charge in [0.1, 0.15) is 11.6 Å². The van der Waals surface area contributed by atoms with Crippen molar-refractivity contribution in [3.05, 3.63) is 18.1 Å². The Morgan fingerprint density at radius 2 is 2.16 bits per heavy atom. The van der Waals surface area contributed by atoms with Crippen molar-refractivity contribution in [1.29, 1.82) is 0 Å². The molecule has 0 bridgehead atoms. The summed E-state index contributed by atoms with van der Waals surface area (Å²) in [4.78, 5) is 11.5. The molecule has 1 saturated heterocycles. The standard InChI is InChI=1S/C14H17N5/c1-7-4-5-10-8(2)12-11-13(18-17-12)15-9(3)16-14(11)19(10)6-7/h7,10H,2,4-6H2,1,3H3,(H,15,16,17,18). The number of piperidine rings is 1. The number of H-pyrrole nitrogens is 1. The van der Waals surface area contributed by atoms with Crippen LogP contribution in [0.5, 0.6) is 0 Å². The van der Waals surface area contributed by atoms with E-state index < -0.39 is 0 Å². The van der Waals surface area contributed by atoms with Gasteiger partial charge in [-0.25, -0.2) is 9.97 Å². The largest absolute Gasteiger partial charge is 0.349 e. The molecule has 0 aromatic carbocycles. The van der Waals surface area contributed by atoms with E-state index in [1.165, 1.54) is 6.42 Å². The number of nitrogens with one attached hydrogen (secondary N) is 1. The first kappa shape index (κ1) is 11.0. The molecule has 1 N–H and O–H groups in total. The molecule has 2 unspecified atom stereocenters. The van der Waals surface area contributed by atoms with Crippen LogP contribution >= 0.6 is 0 Å². The van der Waals surface area contributed by atoms with Gasteiger partial charge in [-0.2, -0.15) is 5.10 Å². The maximum Gasteiger partial charge on any atom is 0.187 e. The number of aryl methyl sites for hydroxylation is 1. The summed E-state index contributed by atoms with van der Waals surface area (Å²) >= 11 is 0. The van der Waals surface area contributed by atoms with Crippen LogP contribution < -0.4 is 4.90 Å². The van der Waals surface area contributed by atoms with Gasteiger partial charge in [0.25, 0.3) is 0 Å². The van der Waals surface area contributed by atoms with Crippen LogP contribution in [0.15, 0.2) is 6.58 Å². The fourth-order valence-corrected chi connectivity index (χ4v) is 3.37. The first-order valence-electron chi connectivity index (χ1n) is 6.83. The summed E-state index contributed by atoms with van der Waals surface area (Å²) < 4.78 is 0. The lowest BCUT2D eigenvalue weighted by Gasteiger charge is -2.43. The minimum Gasteiger partial charge on any atom is -0.349 e. The van der Waals surface area contributed by atoms with Crippen molar-refractivity contribution in [2.45, 2.75) is 32.7 Å². The zero-order valence-corrected chi connectivity index (χ0v) is 11.3. The van der Waals surface area contributed by atoms with E-state index in [2.05, 4.69) is 38.6 Å². The molecule has 2 aliphatic rings. The number of hydrogen-bond donors (Lipinski definition) is 1. The Morgan fingerprint density at radius 1 is 1.32 bits per heavy atom. The molecule has 1 fully saturated rings. The SMILES string of the molecule is C=C1c2[nH]nc3nc(C)nc(c23)N2CC(C)CCC12. The Hall–Kier alpha value is -1.91. The van der Waals surface area contributed by atoms with Crippen LogP contribution in [0.1, 0.15) is 31.3 Å². The highest BCUT2D eigenvalue weighted by Crippen LogP contribution is 2.42. The maximum absolute atomic E-state index is 4.67. The van der Waals surface area contributed by atoms with Crippen LogP contribution in [0.3, 0.4) is 0 Å². The molecule has 2 atom stereocenters. The van der Waals surface area contributed by atoms with Gasteiger partial charge in [-0.05, 0) is 31.3 Å². The quantitative estimate of drug-likeness (QED) is 0.784. The summed E-state index contributed by atoms with van der Waals surface area (Å²) in [5, 5.41) is 8.46. The van der Waals surface area contributed by atoms with E-state index in [1.54, 1.807) is 0 Å². The van der Waals surface area contributed by atoms with Gasteiger partial charge in [-0.3, -0.25) is 5.10 Å². The minimum atomic E-state index is 0.363. The van der Waals surface area contributed by atoms with Crippen molar-refractivity contribution in [2.75, 3.05) is 11.4 Å². The smallest absolute Gasteiger partial charge is 0.187 e. The maximum atomic E-state index is 4.67. The normalized spacial score (nSPS) is 25.8. The van der Waals surface area contributed by atoms with E-state index in [9.17, 15) is 0 Å². The molecule has 0 radical (unpaired) electrons. The van der Waals surface area contributed by atoms with Crippen molar-refractivity contribution >= 4 is 22.4 Å². The highest BCUT2D eigenvalue weighted by molar-refractivity contribution is 6.00. The molecular weight excluding hydrogens is 238 g/mol. The van der Waals surface area contributed by atoms with Gasteiger partial charge in [-0.15, -0.1) is 0 Å². The van der Waals surface area contributed by atoms with Gasteiger partial charge >= 0.3 is 0 Å². The van der Waals surface area contributed by atoms with E-state index in [0.717, 1.165) is 46.9 Å². The number of hydrogen-bond acceptors (Lipinski definition) is 4. The van der Waals surface area contributed by atoms with Crippen molar-refractivity contribution in [2.24, 2.45) is 5.92 Å². The molecule has 2 aromatic rings. The van der Waals surface area contributed by atoms with Crippen molar-refractivity contribution in [3.63, 3.8) is 0 Å². The second-order valence-electron chi connectivity index (χ2n) is 5.77. The molecule has 0 saturated carbocycles. The second-order valence-corrected chi connectivity index (χ2v) is 5.77. The number of fused-ring (bicyclic) bond motifs is 2. The van der Waals surface area contributed by atoms with Gasteiger partial charge < -0.3 is 4.90 Å². The van der Waals surface area contributed by atoms with Crippen LogP contribution in [0, 0.1) is 12.8 Å². The molecule has 4 rings (SSSR count). The zero-order valence-electron chi connectivity index (χ0n) is 11.3. The summed E-state index contributed by atoms with van der Waals surface area (Å²) in [7, 11) is 0. The van der Waals surface area contributed by atoms with Crippen LogP contribution in [0.25, 0.3) is 16.6 Å². The molecule has 0 amide bonds. The molecule has 19 heavy (non-hydrogen) atoms. The molecule has 5 heteroatoms. The lowest BCUT2D eigenvalue weighted by molar-refractivity contribution is 0.410. The molecule has 0 spiro atoms. The van der Waals surface area contributed by atoms with Gasteiger partial charge in [0.2, 0.25) is 0 Å². The van der Waals surface area contributed by atoms with E-state index in [4.69, 9.17) is 0 Å². The van der Waals surface area contributed by atoms with Crippen LogP contribution in [0.2, 0.25) is 0 Å². The highest BCUT2D eigenvalue weighted by atomic mass is 15.3. The number of aromatic amines is 1. The number of aromatic nitrogens is 4. The predicted octanol–water partition coefficient (Wildman–Crippen LogP) is 2.29. The van der Waals surface area contributed by atoms with Gasteiger partial charge in [-0.1, -0.05) is 13.5 Å². The highest BCUT2D eigenvalue weighted by Gasteiger charge is 2.37. The summed E-state index contributed by atoms with van der Waals surface area (Å²) in [5.41, 5.74) is 2.92. The Balaban J connectivity index is 2.01. The van der Waals surface area contributed by atoms with Gasteiger partial charge in [0.15, 0.2) is 5.65 Å². The Kier molecular flexibility index (Phi) is 2.05. The van der Waals surface area contributed by atoms with E-state index in [1.807, 2.05) is 6.92 Å². The van der Waals surface area contributed by atoms with Gasteiger partial charge in [0, 0.05) is 6.54 Å². The first-order chi connectivity index (χ1) is 9.15. The van der Waals surface area contributed by atoms with Crippen LogP contribution in [-0.2, 0) is 0 Å². The average molecular weight is 255 g/mol. The predicted molar refractivity (Wildman–Crippen MR) is 75.0 cm³/mol. The number of nitrogens with zero attached hydrogens (tertiary/aromatic N) is 4. The minimum absolute atomic E-state index is 0.363. The number of anilines is 1. The Bertz CT molecular complexity index is 686. The van der Waals surface area contributed by atoms with Crippen molar-refractivity contribution < 1.29 is 0 Å². The third-order valence-electron chi connectivity index (χ3n) is 4.32. The average Bonchev–Trinajstić information content (AvgIpc) is 2.79. The van der Waals surface area contributed by atoms with E-state index in [-0.39, 0.29) is 0 Å². The molecule has 5 nitrogen and oxygen atoms in total. The van der Waals surface area contributed by atoms with Crippen molar-refractivity contribution in [1.82, 2.24) is 20.2 Å². The molecule has 98 valence electrons. The molecule has 0 aliphatic carbocycles. The molecular formula is C14H17N5. The third kappa shape index (κ3) is 1.38. The number of rotatable bonds is 0. The topological polar surface area (TPSA) is 57.7 Å². The second kappa shape index (κ2) is 3.56. The third-order valence-corrected chi connectivity index (χ3v) is 4.32. The molecule has 2 aromatic heterocycles. The fraction of sp³-hybridized carbons (Fsp3) is 0.500. The lowest BCUT2D eigenvalue weighted by Crippen LogP contribution is -2.45. The summed E-state index contributed by atoms with van der Waals surface area (Å²) in [6.07, 6.45) is 2.39. The lowest BCUT2D eigenvalue weighted by atomic mass is 9.86.